The summed E-state index contributed by atoms with van der Waals surface area (Å²) < 4.78 is 20.7. The minimum absolute atomic E-state index is 1.09. The number of sulfone groups is 1. The highest BCUT2D eigenvalue weighted by molar-refractivity contribution is 7.96. The number of hydrogen-bond donors (Lipinski definition) is 2. The van der Waals surface area contributed by atoms with Gasteiger partial charge in [0.05, 0.1) is 0 Å². The molecule has 15 heavy (non-hydrogen) atoms. The fourth-order valence-corrected chi connectivity index (χ4v) is 2.44. The van der Waals surface area contributed by atoms with Gasteiger partial charge >= 0.3 is 6.03 Å². The average Bonchev–Trinajstić information content (AvgIpc) is 2.00. The maximum atomic E-state index is 11.3. The number of alkyl halides is 2. The number of nitrogens with one attached hydrogen (secondary N) is 2. The molecule has 84 valence electrons. The van der Waals surface area contributed by atoms with E-state index in [2.05, 4.69) is 0 Å². The Morgan fingerprint density at radius 3 is 1.80 bits per heavy atom. The lowest BCUT2D eigenvalue weighted by atomic mass is 10.3. The molecule has 0 atom stereocenters. The van der Waals surface area contributed by atoms with E-state index in [1.54, 1.807) is 10.6 Å². The van der Waals surface area contributed by atoms with Gasteiger partial charge in [0.1, 0.15) is 0 Å². The molecule has 0 aromatic rings. The molecule has 0 saturated carbocycles. The van der Waals surface area contributed by atoms with Crippen LogP contribution in [0.5, 0.6) is 0 Å². The minimum atomic E-state index is -4.37. The quantitative estimate of drug-likeness (QED) is 0.491. The summed E-state index contributed by atoms with van der Waals surface area (Å²) in [5.74, 6) is -2.54. The average molecular weight is 275 g/mol. The lowest BCUT2D eigenvalue weighted by molar-refractivity contribution is -0.129. The van der Waals surface area contributed by atoms with Gasteiger partial charge in [-0.15, -0.1) is 0 Å². The van der Waals surface area contributed by atoms with Gasteiger partial charge in [0.2, 0.25) is 19.3 Å². The van der Waals surface area contributed by atoms with E-state index >= 15 is 0 Å². The Bertz CT molecular complexity index is 411. The molecular formula is C5H4Cl2N2O5S. The Hall–Kier alpha value is -0.860. The molecule has 1 rings (SSSR count). The van der Waals surface area contributed by atoms with E-state index in [1.165, 1.54) is 0 Å². The van der Waals surface area contributed by atoms with Crippen LogP contribution in [-0.4, -0.2) is 35.7 Å². The molecule has 0 aromatic heterocycles. The molecule has 0 radical (unpaired) electrons. The first-order valence-electron chi connectivity index (χ1n) is 3.43. The standard InChI is InChI=1S/C5H4Cl2N2O5S/c6-4(7)15(13,14)1-2(10)8-5(12)9-3(1)11/h1,4H,(H2,8,9,10,11,12). The maximum Gasteiger partial charge on any atom is 0.328 e. The number of carbonyl (C=O) groups excluding carboxylic acids is 3. The van der Waals surface area contributed by atoms with E-state index in [1.807, 2.05) is 0 Å². The van der Waals surface area contributed by atoms with Crippen molar-refractivity contribution in [2.45, 2.75) is 9.42 Å². The molecule has 1 aliphatic rings. The second-order valence-electron chi connectivity index (χ2n) is 2.54. The number of urea groups is 1. The lowest BCUT2D eigenvalue weighted by Crippen LogP contribution is -2.61. The smallest absolute Gasteiger partial charge is 0.276 e. The zero-order chi connectivity index (χ0) is 11.8. The summed E-state index contributed by atoms with van der Waals surface area (Å²) in [4.78, 5) is 32.8. The molecule has 0 unspecified atom stereocenters. The first-order chi connectivity index (χ1) is 6.76. The third kappa shape index (κ3) is 2.21. The summed E-state index contributed by atoms with van der Waals surface area (Å²) in [5, 5.41) is 1.13. The summed E-state index contributed by atoms with van der Waals surface area (Å²) >= 11 is 10.2. The van der Waals surface area contributed by atoms with E-state index in [0.29, 0.717) is 0 Å². The van der Waals surface area contributed by atoms with Gasteiger partial charge < -0.3 is 0 Å². The van der Waals surface area contributed by atoms with Crippen LogP contribution in [0, 0.1) is 0 Å². The van der Waals surface area contributed by atoms with Crippen molar-refractivity contribution in [3.05, 3.63) is 0 Å². The molecule has 0 spiro atoms. The molecule has 1 heterocycles. The fraction of sp³-hybridized carbons (Fsp3) is 0.400. The van der Waals surface area contributed by atoms with E-state index in [4.69, 9.17) is 23.2 Å². The Balaban J connectivity index is 3.11. The Morgan fingerprint density at radius 2 is 1.47 bits per heavy atom. The normalized spacial score (nSPS) is 19.0. The van der Waals surface area contributed by atoms with Crippen molar-refractivity contribution in [1.29, 1.82) is 0 Å². The number of rotatable bonds is 2. The number of imide groups is 2. The molecule has 1 saturated heterocycles. The van der Waals surface area contributed by atoms with Crippen molar-refractivity contribution >= 4 is 50.9 Å². The molecule has 1 fully saturated rings. The van der Waals surface area contributed by atoms with Gasteiger partial charge in [-0.25, -0.2) is 13.2 Å². The molecule has 0 aromatic carbocycles. The number of halogens is 2. The van der Waals surface area contributed by atoms with Gasteiger partial charge in [0.25, 0.3) is 11.8 Å². The molecule has 10 heteroatoms. The van der Waals surface area contributed by atoms with Crippen LogP contribution in [0.4, 0.5) is 4.79 Å². The summed E-state index contributed by atoms with van der Waals surface area (Å²) in [6, 6.07) is -1.09. The Kier molecular flexibility index (Phi) is 3.22. The van der Waals surface area contributed by atoms with Gasteiger partial charge in [-0.1, -0.05) is 23.2 Å². The largest absolute Gasteiger partial charge is 0.328 e. The Morgan fingerprint density at radius 1 is 1.07 bits per heavy atom. The molecular weight excluding hydrogens is 271 g/mol. The molecule has 2 N–H and O–H groups in total. The van der Waals surface area contributed by atoms with E-state index in [-0.39, 0.29) is 0 Å². The molecule has 7 nitrogen and oxygen atoms in total. The zero-order valence-electron chi connectivity index (χ0n) is 6.86. The van der Waals surface area contributed by atoms with E-state index < -0.39 is 37.1 Å². The monoisotopic (exact) mass is 274 g/mol. The van der Waals surface area contributed by atoms with Gasteiger partial charge in [-0.05, 0) is 0 Å². The van der Waals surface area contributed by atoms with Crippen LogP contribution in [0.3, 0.4) is 0 Å². The minimum Gasteiger partial charge on any atom is -0.276 e. The highest BCUT2D eigenvalue weighted by Crippen LogP contribution is 2.18. The van der Waals surface area contributed by atoms with E-state index in [0.717, 1.165) is 0 Å². The molecule has 0 bridgehead atoms. The number of carbonyl (C=O) groups is 3. The second kappa shape index (κ2) is 3.95. The lowest BCUT2D eigenvalue weighted by Gasteiger charge is -2.20. The van der Waals surface area contributed by atoms with Crippen molar-refractivity contribution < 1.29 is 22.8 Å². The number of hydrogen-bond acceptors (Lipinski definition) is 5. The van der Waals surface area contributed by atoms with Crippen LogP contribution in [0.25, 0.3) is 0 Å². The van der Waals surface area contributed by atoms with Crippen LogP contribution in [0.15, 0.2) is 0 Å². The third-order valence-corrected chi connectivity index (χ3v) is 4.60. The SMILES string of the molecule is O=C1NC(=O)C(S(=O)(=O)C(Cl)Cl)C(=O)N1. The van der Waals surface area contributed by atoms with Crippen LogP contribution in [0.2, 0.25) is 0 Å². The predicted molar refractivity (Wildman–Crippen MR) is 49.9 cm³/mol. The molecule has 0 aliphatic carbocycles. The highest BCUT2D eigenvalue weighted by atomic mass is 35.5. The predicted octanol–water partition coefficient (Wildman–Crippen LogP) is -1.10. The third-order valence-electron chi connectivity index (χ3n) is 1.53. The number of amides is 4. The topological polar surface area (TPSA) is 109 Å². The van der Waals surface area contributed by atoms with Crippen LogP contribution < -0.4 is 10.6 Å². The number of barbiturate groups is 1. The van der Waals surface area contributed by atoms with Crippen molar-refractivity contribution in [1.82, 2.24) is 10.6 Å². The first kappa shape index (κ1) is 12.2. The zero-order valence-corrected chi connectivity index (χ0v) is 9.19. The van der Waals surface area contributed by atoms with Crippen LogP contribution in [0.1, 0.15) is 0 Å². The summed E-state index contributed by atoms with van der Waals surface area (Å²) in [5.41, 5.74) is 0. The van der Waals surface area contributed by atoms with Gasteiger partial charge in [-0.2, -0.15) is 0 Å². The van der Waals surface area contributed by atoms with E-state index in [9.17, 15) is 22.8 Å². The highest BCUT2D eigenvalue weighted by Gasteiger charge is 2.46. The van der Waals surface area contributed by atoms with Crippen molar-refractivity contribution in [3.8, 4) is 0 Å². The summed E-state index contributed by atoms with van der Waals surface area (Å²) in [6.45, 7) is 0. The second-order valence-corrected chi connectivity index (χ2v) is 6.27. The molecule has 1 aliphatic heterocycles. The Labute approximate surface area is 94.0 Å². The van der Waals surface area contributed by atoms with Crippen molar-refractivity contribution in [3.63, 3.8) is 0 Å². The van der Waals surface area contributed by atoms with Crippen LogP contribution in [-0.2, 0) is 19.4 Å². The van der Waals surface area contributed by atoms with Gasteiger partial charge in [0.15, 0.2) is 0 Å². The summed E-state index contributed by atoms with van der Waals surface area (Å²) in [6.07, 6.45) is 0. The van der Waals surface area contributed by atoms with Crippen molar-refractivity contribution in [2.75, 3.05) is 0 Å². The summed E-state index contributed by atoms with van der Waals surface area (Å²) in [7, 11) is -4.37. The van der Waals surface area contributed by atoms with Gasteiger partial charge in [0, 0.05) is 0 Å². The maximum absolute atomic E-state index is 11.3. The van der Waals surface area contributed by atoms with Crippen LogP contribution >= 0.6 is 23.2 Å². The fourth-order valence-electron chi connectivity index (χ4n) is 0.906. The van der Waals surface area contributed by atoms with Gasteiger partial charge in [-0.3, -0.25) is 20.2 Å². The first-order valence-corrected chi connectivity index (χ1v) is 5.91. The molecule has 4 amide bonds. The van der Waals surface area contributed by atoms with Crippen molar-refractivity contribution in [2.24, 2.45) is 0 Å².